The summed E-state index contributed by atoms with van der Waals surface area (Å²) in [6.07, 6.45) is 3.34. The number of aromatic nitrogens is 3. The summed E-state index contributed by atoms with van der Waals surface area (Å²) in [6.45, 7) is 1.07. The van der Waals surface area contributed by atoms with Crippen LogP contribution in [-0.4, -0.2) is 27.4 Å². The van der Waals surface area contributed by atoms with Gasteiger partial charge >= 0.3 is 0 Å². The number of nitrogens with zero attached hydrogens (tertiary/aromatic N) is 3. The molecule has 0 saturated heterocycles. The fraction of sp³-hybridized carbons (Fsp3) is 0.357. The largest absolute Gasteiger partial charge is 0.350 e. The molecule has 0 atom stereocenters. The van der Waals surface area contributed by atoms with Crippen LogP contribution in [0.2, 0.25) is 0 Å². The minimum absolute atomic E-state index is 0.108. The second-order valence-electron chi connectivity index (χ2n) is 4.70. The number of halogens is 1. The van der Waals surface area contributed by atoms with Gasteiger partial charge < -0.3 is 11.1 Å². The second-order valence-corrected chi connectivity index (χ2v) is 4.70. The molecule has 2 rings (SSSR count). The van der Waals surface area contributed by atoms with Crippen molar-refractivity contribution < 1.29 is 9.18 Å². The smallest absolute Gasteiger partial charge is 0.242 e. The molecule has 2 aromatic rings. The van der Waals surface area contributed by atoms with Gasteiger partial charge in [-0.25, -0.2) is 9.07 Å². The lowest BCUT2D eigenvalue weighted by Gasteiger charge is -2.05. The minimum Gasteiger partial charge on any atom is -0.350 e. The van der Waals surface area contributed by atoms with Crippen molar-refractivity contribution >= 4 is 5.91 Å². The van der Waals surface area contributed by atoms with Crippen molar-refractivity contribution in [2.24, 2.45) is 5.73 Å². The Balaban J connectivity index is 1.78. The van der Waals surface area contributed by atoms with Crippen molar-refractivity contribution in [2.75, 3.05) is 6.54 Å². The third-order valence-corrected chi connectivity index (χ3v) is 2.93. The average molecular weight is 291 g/mol. The molecular formula is C14H18FN5O. The topological polar surface area (TPSA) is 85.8 Å². The van der Waals surface area contributed by atoms with Crippen LogP contribution in [0.5, 0.6) is 0 Å². The van der Waals surface area contributed by atoms with Gasteiger partial charge in [-0.05, 0) is 37.1 Å². The average Bonchev–Trinajstić information content (AvgIpc) is 2.92. The van der Waals surface area contributed by atoms with Crippen LogP contribution in [0, 0.1) is 5.82 Å². The van der Waals surface area contributed by atoms with Crippen molar-refractivity contribution in [1.82, 2.24) is 20.3 Å². The number of hydrogen-bond acceptors (Lipinski definition) is 4. The van der Waals surface area contributed by atoms with Gasteiger partial charge in [-0.2, -0.15) is 0 Å². The van der Waals surface area contributed by atoms with E-state index in [1.165, 1.54) is 16.8 Å². The van der Waals surface area contributed by atoms with Crippen LogP contribution < -0.4 is 11.1 Å². The van der Waals surface area contributed by atoms with E-state index in [1.807, 2.05) is 0 Å². The highest BCUT2D eigenvalue weighted by Crippen LogP contribution is 2.02. The molecule has 0 saturated carbocycles. The van der Waals surface area contributed by atoms with E-state index < -0.39 is 0 Å². The van der Waals surface area contributed by atoms with Crippen LogP contribution in [0.25, 0.3) is 0 Å². The molecule has 0 bridgehead atoms. The summed E-state index contributed by atoms with van der Waals surface area (Å²) in [4.78, 5) is 11.8. The van der Waals surface area contributed by atoms with E-state index in [0.29, 0.717) is 13.1 Å². The van der Waals surface area contributed by atoms with Crippen LogP contribution in [0.15, 0.2) is 30.5 Å². The molecule has 6 nitrogen and oxygen atoms in total. The van der Waals surface area contributed by atoms with Gasteiger partial charge in [0.15, 0.2) is 0 Å². The first-order chi connectivity index (χ1) is 10.2. The molecule has 21 heavy (non-hydrogen) atoms. The minimum atomic E-state index is -0.294. The SMILES string of the molecule is NCCCc1cn(CC(=O)NCc2ccc(F)cc2)nn1. The predicted molar refractivity (Wildman–Crippen MR) is 75.6 cm³/mol. The van der Waals surface area contributed by atoms with E-state index in [-0.39, 0.29) is 18.3 Å². The van der Waals surface area contributed by atoms with Gasteiger partial charge in [0.2, 0.25) is 5.91 Å². The van der Waals surface area contributed by atoms with Crippen molar-refractivity contribution in [2.45, 2.75) is 25.9 Å². The predicted octanol–water partition coefficient (Wildman–Crippen LogP) is 0.625. The maximum atomic E-state index is 12.8. The standard InChI is InChI=1S/C14H18FN5O/c15-12-5-3-11(4-6-12)8-17-14(21)10-20-9-13(18-19-20)2-1-7-16/h3-6,9H,1-2,7-8,10,16H2,(H,17,21). The molecule has 1 heterocycles. The molecule has 0 spiro atoms. The Morgan fingerprint density at radius 2 is 2.10 bits per heavy atom. The first-order valence-electron chi connectivity index (χ1n) is 6.77. The summed E-state index contributed by atoms with van der Waals surface area (Å²) >= 11 is 0. The number of aryl methyl sites for hydroxylation is 1. The lowest BCUT2D eigenvalue weighted by Crippen LogP contribution is -2.27. The highest BCUT2D eigenvalue weighted by molar-refractivity contribution is 5.75. The Kier molecular flexibility index (Phi) is 5.39. The van der Waals surface area contributed by atoms with Crippen LogP contribution in [0.1, 0.15) is 17.7 Å². The molecule has 0 aliphatic heterocycles. The summed E-state index contributed by atoms with van der Waals surface area (Å²) in [7, 11) is 0. The van der Waals surface area contributed by atoms with E-state index in [4.69, 9.17) is 5.73 Å². The molecule has 7 heteroatoms. The van der Waals surface area contributed by atoms with Crippen LogP contribution in [0.3, 0.4) is 0 Å². The quantitative estimate of drug-likeness (QED) is 0.783. The Bertz CT molecular complexity index is 581. The third kappa shape index (κ3) is 4.96. The van der Waals surface area contributed by atoms with Gasteiger partial charge in [0.1, 0.15) is 12.4 Å². The highest BCUT2D eigenvalue weighted by atomic mass is 19.1. The van der Waals surface area contributed by atoms with Crippen molar-refractivity contribution in [1.29, 1.82) is 0 Å². The number of nitrogens with one attached hydrogen (secondary N) is 1. The maximum Gasteiger partial charge on any atom is 0.242 e. The monoisotopic (exact) mass is 291 g/mol. The molecule has 0 radical (unpaired) electrons. The van der Waals surface area contributed by atoms with Crippen LogP contribution in [0.4, 0.5) is 4.39 Å². The van der Waals surface area contributed by atoms with E-state index in [9.17, 15) is 9.18 Å². The molecule has 0 fully saturated rings. The number of benzene rings is 1. The summed E-state index contributed by atoms with van der Waals surface area (Å²) in [5.41, 5.74) is 7.09. The van der Waals surface area contributed by atoms with Crippen molar-refractivity contribution in [3.05, 3.63) is 47.5 Å². The number of amides is 1. The van der Waals surface area contributed by atoms with Crippen molar-refractivity contribution in [3.63, 3.8) is 0 Å². The van der Waals surface area contributed by atoms with E-state index in [2.05, 4.69) is 15.6 Å². The number of rotatable bonds is 7. The fourth-order valence-corrected chi connectivity index (χ4v) is 1.82. The Hall–Kier alpha value is -2.28. The van der Waals surface area contributed by atoms with E-state index in [0.717, 1.165) is 24.1 Å². The maximum absolute atomic E-state index is 12.8. The van der Waals surface area contributed by atoms with Gasteiger partial charge in [0.05, 0.1) is 5.69 Å². The number of carbonyl (C=O) groups excluding carboxylic acids is 1. The van der Waals surface area contributed by atoms with Gasteiger partial charge in [-0.1, -0.05) is 17.3 Å². The second kappa shape index (κ2) is 7.49. The first kappa shape index (κ1) is 15.1. The number of hydrogen-bond donors (Lipinski definition) is 2. The molecular weight excluding hydrogens is 273 g/mol. The summed E-state index contributed by atoms with van der Waals surface area (Å²) in [5, 5.41) is 10.6. The molecule has 1 amide bonds. The molecule has 1 aromatic carbocycles. The normalized spacial score (nSPS) is 10.6. The molecule has 1 aromatic heterocycles. The number of nitrogens with two attached hydrogens (primary N) is 1. The molecule has 3 N–H and O–H groups in total. The summed E-state index contributed by atoms with van der Waals surface area (Å²) in [6, 6.07) is 6.00. The Morgan fingerprint density at radius 3 is 2.81 bits per heavy atom. The highest BCUT2D eigenvalue weighted by Gasteiger charge is 2.06. The zero-order valence-corrected chi connectivity index (χ0v) is 11.6. The molecule has 0 aliphatic carbocycles. The van der Waals surface area contributed by atoms with E-state index in [1.54, 1.807) is 18.3 Å². The summed E-state index contributed by atoms with van der Waals surface area (Å²) < 4.78 is 14.2. The zero-order valence-electron chi connectivity index (χ0n) is 11.6. The first-order valence-corrected chi connectivity index (χ1v) is 6.77. The van der Waals surface area contributed by atoms with Gasteiger partial charge in [-0.15, -0.1) is 5.10 Å². The molecule has 112 valence electrons. The fourth-order valence-electron chi connectivity index (χ4n) is 1.82. The number of carbonyl (C=O) groups is 1. The molecule has 0 unspecified atom stereocenters. The Labute approximate surface area is 122 Å². The van der Waals surface area contributed by atoms with Crippen LogP contribution in [-0.2, 0) is 24.3 Å². The third-order valence-electron chi connectivity index (χ3n) is 2.93. The van der Waals surface area contributed by atoms with Crippen LogP contribution >= 0.6 is 0 Å². The lowest BCUT2D eigenvalue weighted by atomic mass is 10.2. The van der Waals surface area contributed by atoms with Gasteiger partial charge in [-0.3, -0.25) is 4.79 Å². The van der Waals surface area contributed by atoms with Gasteiger partial charge in [0, 0.05) is 12.7 Å². The summed E-state index contributed by atoms with van der Waals surface area (Å²) in [5.74, 6) is -0.465. The molecule has 0 aliphatic rings. The van der Waals surface area contributed by atoms with E-state index >= 15 is 0 Å². The lowest BCUT2D eigenvalue weighted by molar-refractivity contribution is -0.122. The van der Waals surface area contributed by atoms with Crippen molar-refractivity contribution in [3.8, 4) is 0 Å². The zero-order chi connectivity index (χ0) is 15.1. The van der Waals surface area contributed by atoms with Gasteiger partial charge in [0.25, 0.3) is 0 Å². The Morgan fingerprint density at radius 1 is 1.33 bits per heavy atom.